The molecule has 2 aromatic carbocycles. The first kappa shape index (κ1) is 31.9. The number of hydrogen-bond donors (Lipinski definition) is 1. The van der Waals surface area contributed by atoms with Crippen molar-refractivity contribution in [3.8, 4) is 17.4 Å². The van der Waals surface area contributed by atoms with E-state index in [1.165, 1.54) is 29.6 Å². The third kappa shape index (κ3) is 7.34. The number of aryl methyl sites for hydroxylation is 1. The molecule has 3 aromatic heterocycles. The summed E-state index contributed by atoms with van der Waals surface area (Å²) in [5.74, 6) is -1.82. The first-order valence-electron chi connectivity index (χ1n) is 15.1. The fourth-order valence-electron chi connectivity index (χ4n) is 5.41. The summed E-state index contributed by atoms with van der Waals surface area (Å²) in [5, 5.41) is 7.76. The average molecular weight is 644 g/mol. The van der Waals surface area contributed by atoms with Gasteiger partial charge in [0, 0.05) is 43.2 Å². The van der Waals surface area contributed by atoms with Gasteiger partial charge in [0.05, 0.1) is 17.4 Å². The van der Waals surface area contributed by atoms with Gasteiger partial charge in [-0.3, -0.25) is 4.79 Å². The highest BCUT2D eigenvalue weighted by Gasteiger charge is 2.46. The van der Waals surface area contributed by atoms with Crippen molar-refractivity contribution in [1.82, 2.24) is 39.3 Å². The summed E-state index contributed by atoms with van der Waals surface area (Å²) >= 11 is 0. The number of carbonyl (C=O) groups excluding carboxylic acids is 1. The van der Waals surface area contributed by atoms with Gasteiger partial charge in [0.15, 0.2) is 17.5 Å². The lowest BCUT2D eigenvalue weighted by molar-refractivity contribution is -0.135. The quantitative estimate of drug-likeness (QED) is 0.199. The number of hydrogen-bond acceptors (Lipinski definition) is 11. The molecule has 12 nitrogen and oxygen atoms in total. The number of ether oxygens (including phenoxy) is 2. The SMILES string of the molecule is Cc1cc(Nc2ncnc3ccc(CC(=O)/C=C/CN(C)C)c(O[C@@H]4CCN(C)CC4(F)F)c23)ccc1Oc1cc2ncnn2cn1. The maximum absolute atomic E-state index is 15.3. The largest absolute Gasteiger partial charge is 0.483 e. The predicted octanol–water partition coefficient (Wildman–Crippen LogP) is 4.86. The van der Waals surface area contributed by atoms with E-state index in [4.69, 9.17) is 9.47 Å². The molecule has 1 saturated heterocycles. The second kappa shape index (κ2) is 13.3. The number of nitrogens with zero attached hydrogens (tertiary/aromatic N) is 8. The number of nitrogens with one attached hydrogen (secondary N) is 1. The second-order valence-corrected chi connectivity index (χ2v) is 11.9. The number of likely N-dealkylation sites (tertiary alicyclic amines) is 1. The van der Waals surface area contributed by atoms with Crippen molar-refractivity contribution in [2.45, 2.75) is 31.8 Å². The Morgan fingerprint density at radius 2 is 1.98 bits per heavy atom. The number of allylic oxidation sites excluding steroid dienone is 1. The van der Waals surface area contributed by atoms with Crippen LogP contribution in [-0.2, 0) is 11.2 Å². The molecule has 0 unspecified atom stereocenters. The van der Waals surface area contributed by atoms with Gasteiger partial charge in [-0.1, -0.05) is 12.1 Å². The molecule has 1 aliphatic heterocycles. The molecule has 1 atom stereocenters. The van der Waals surface area contributed by atoms with E-state index in [9.17, 15) is 4.79 Å². The minimum atomic E-state index is -3.11. The highest BCUT2D eigenvalue weighted by Crippen LogP contribution is 2.39. The van der Waals surface area contributed by atoms with E-state index < -0.39 is 18.6 Å². The maximum Gasteiger partial charge on any atom is 0.296 e. The number of halogens is 2. The van der Waals surface area contributed by atoms with Gasteiger partial charge in [-0.15, -0.1) is 0 Å². The van der Waals surface area contributed by atoms with Crippen LogP contribution in [0.5, 0.6) is 17.4 Å². The third-order valence-corrected chi connectivity index (χ3v) is 7.76. The van der Waals surface area contributed by atoms with Crippen molar-refractivity contribution in [2.24, 2.45) is 0 Å². The molecule has 0 bridgehead atoms. The fraction of sp³-hybridized carbons (Fsp3) is 0.333. The second-order valence-electron chi connectivity index (χ2n) is 11.9. The summed E-state index contributed by atoms with van der Waals surface area (Å²) in [4.78, 5) is 33.8. The lowest BCUT2D eigenvalue weighted by Gasteiger charge is -2.37. The zero-order chi connectivity index (χ0) is 33.1. The average Bonchev–Trinajstić information content (AvgIpc) is 3.48. The van der Waals surface area contributed by atoms with Gasteiger partial charge in [-0.25, -0.2) is 33.2 Å². The summed E-state index contributed by atoms with van der Waals surface area (Å²) < 4.78 is 44.3. The molecule has 1 N–H and O–H groups in total. The molecular weight excluding hydrogens is 608 g/mol. The summed E-state index contributed by atoms with van der Waals surface area (Å²) in [5.41, 5.74) is 3.03. The number of aromatic nitrogens is 6. The van der Waals surface area contributed by atoms with Crippen molar-refractivity contribution in [2.75, 3.05) is 46.1 Å². The van der Waals surface area contributed by atoms with Crippen LogP contribution in [0.1, 0.15) is 17.5 Å². The fourth-order valence-corrected chi connectivity index (χ4v) is 5.41. The van der Waals surface area contributed by atoms with E-state index in [1.807, 2.05) is 32.0 Å². The standard InChI is InChI=1S/C33H35F2N9O3/c1-21-14-23(8-10-26(21)46-29-16-28-37-19-40-44(28)20-39-29)41-32-30-25(36-18-38-32)9-7-22(15-24(45)6-5-12-42(2)3)31(30)47-27-11-13-43(4)17-33(27,34)35/h5-10,14,16,18-20,27H,11-13,15,17H2,1-4H3,(H,36,38,41)/b6-5+/t27-/m1/s1. The maximum atomic E-state index is 15.3. The monoisotopic (exact) mass is 643 g/mol. The normalized spacial score (nSPS) is 16.7. The summed E-state index contributed by atoms with van der Waals surface area (Å²) in [6, 6.07) is 10.6. The van der Waals surface area contributed by atoms with E-state index in [0.29, 0.717) is 58.3 Å². The first-order chi connectivity index (χ1) is 22.6. The van der Waals surface area contributed by atoms with Crippen molar-refractivity contribution in [3.05, 3.63) is 78.7 Å². The van der Waals surface area contributed by atoms with Gasteiger partial charge in [0.2, 0.25) is 5.88 Å². The highest BCUT2D eigenvalue weighted by molar-refractivity contribution is 5.99. The Hall–Kier alpha value is -5.08. The van der Waals surface area contributed by atoms with Gasteiger partial charge in [0.1, 0.15) is 36.3 Å². The van der Waals surface area contributed by atoms with Crippen LogP contribution in [0, 0.1) is 6.92 Å². The Morgan fingerprint density at radius 1 is 1.13 bits per heavy atom. The number of piperidine rings is 1. The summed E-state index contributed by atoms with van der Waals surface area (Å²) in [6.45, 7) is 2.50. The number of carbonyl (C=O) groups is 1. The molecule has 0 radical (unpaired) electrons. The van der Waals surface area contributed by atoms with Crippen LogP contribution in [0.25, 0.3) is 16.6 Å². The minimum Gasteiger partial charge on any atom is -0.483 e. The van der Waals surface area contributed by atoms with Crippen LogP contribution in [0.2, 0.25) is 0 Å². The number of likely N-dealkylation sites (N-methyl/N-ethyl adjacent to an activating group) is 1. The predicted molar refractivity (Wildman–Crippen MR) is 173 cm³/mol. The van der Waals surface area contributed by atoms with Crippen molar-refractivity contribution in [3.63, 3.8) is 0 Å². The lowest BCUT2D eigenvalue weighted by atomic mass is 10.0. The van der Waals surface area contributed by atoms with E-state index in [1.54, 1.807) is 48.4 Å². The zero-order valence-corrected chi connectivity index (χ0v) is 26.5. The van der Waals surface area contributed by atoms with Crippen LogP contribution in [-0.4, -0.2) is 97.9 Å². The number of alkyl halides is 2. The van der Waals surface area contributed by atoms with Gasteiger partial charge in [-0.05, 0) is 64.0 Å². The van der Waals surface area contributed by atoms with Crippen molar-refractivity contribution >= 4 is 33.8 Å². The van der Waals surface area contributed by atoms with Crippen molar-refractivity contribution < 1.29 is 23.0 Å². The molecule has 4 heterocycles. The molecule has 1 fully saturated rings. The first-order valence-corrected chi connectivity index (χ1v) is 15.1. The number of fused-ring (bicyclic) bond motifs is 2. The molecule has 0 spiro atoms. The molecule has 6 rings (SSSR count). The van der Waals surface area contributed by atoms with E-state index in [2.05, 4.69) is 30.4 Å². The van der Waals surface area contributed by atoms with Gasteiger partial charge >= 0.3 is 0 Å². The van der Waals surface area contributed by atoms with Crippen LogP contribution >= 0.6 is 0 Å². The molecule has 0 aliphatic carbocycles. The molecular formula is C33H35F2N9O3. The van der Waals surface area contributed by atoms with E-state index in [-0.39, 0.29) is 24.4 Å². The Kier molecular flexibility index (Phi) is 9.05. The topological polar surface area (TPSA) is 123 Å². The number of rotatable bonds is 11. The Labute approximate surface area is 270 Å². The molecule has 244 valence electrons. The Morgan fingerprint density at radius 3 is 2.77 bits per heavy atom. The molecule has 1 aliphatic rings. The summed E-state index contributed by atoms with van der Waals surface area (Å²) in [6.07, 6.45) is 6.31. The van der Waals surface area contributed by atoms with Gasteiger partial charge in [-0.2, -0.15) is 5.10 Å². The molecule has 0 amide bonds. The highest BCUT2D eigenvalue weighted by atomic mass is 19.3. The minimum absolute atomic E-state index is 0.0402. The Bertz CT molecular complexity index is 1950. The van der Waals surface area contributed by atoms with Gasteiger partial charge < -0.3 is 24.6 Å². The van der Waals surface area contributed by atoms with Crippen LogP contribution in [0.4, 0.5) is 20.3 Å². The zero-order valence-electron chi connectivity index (χ0n) is 26.5. The summed E-state index contributed by atoms with van der Waals surface area (Å²) in [7, 11) is 5.46. The van der Waals surface area contributed by atoms with E-state index in [0.717, 1.165) is 5.56 Å². The van der Waals surface area contributed by atoms with Crippen LogP contribution < -0.4 is 14.8 Å². The molecule has 5 aromatic rings. The van der Waals surface area contributed by atoms with Crippen molar-refractivity contribution in [1.29, 1.82) is 0 Å². The van der Waals surface area contributed by atoms with Gasteiger partial charge in [0.25, 0.3) is 5.92 Å². The number of ketones is 1. The number of anilines is 2. The number of benzene rings is 2. The molecule has 14 heteroatoms. The Balaban J connectivity index is 1.33. The third-order valence-electron chi connectivity index (χ3n) is 7.76. The molecule has 0 saturated carbocycles. The smallest absolute Gasteiger partial charge is 0.296 e. The lowest BCUT2D eigenvalue weighted by Crippen LogP contribution is -2.52. The van der Waals surface area contributed by atoms with E-state index >= 15 is 8.78 Å². The van der Waals surface area contributed by atoms with Crippen LogP contribution in [0.3, 0.4) is 0 Å². The molecule has 47 heavy (non-hydrogen) atoms. The van der Waals surface area contributed by atoms with Crippen LogP contribution in [0.15, 0.2) is 67.5 Å².